The molecular formula is C16H9F17O4. The number of ether oxygens (including phenoxy) is 2. The lowest BCUT2D eigenvalue weighted by Crippen LogP contribution is -2.75. The van der Waals surface area contributed by atoms with Crippen LogP contribution in [0.5, 0.6) is 0 Å². The van der Waals surface area contributed by atoms with E-state index in [-0.39, 0.29) is 12.2 Å². The van der Waals surface area contributed by atoms with Crippen LogP contribution in [-0.4, -0.2) is 72.3 Å². The molecule has 0 rings (SSSR count). The van der Waals surface area contributed by atoms with Crippen LogP contribution in [0.15, 0.2) is 25.3 Å². The van der Waals surface area contributed by atoms with Gasteiger partial charge in [-0.25, -0.2) is 9.59 Å². The number of alkyl halides is 17. The van der Waals surface area contributed by atoms with Crippen molar-refractivity contribution >= 4 is 11.9 Å². The maximum atomic E-state index is 14.2. The quantitative estimate of drug-likeness (QED) is 0.164. The van der Waals surface area contributed by atoms with Crippen LogP contribution in [0.4, 0.5) is 74.6 Å². The molecule has 0 aliphatic carbocycles. The number of esters is 2. The van der Waals surface area contributed by atoms with E-state index < -0.39 is 72.3 Å². The lowest BCUT2D eigenvalue weighted by molar-refractivity contribution is -0.464. The third-order valence-electron chi connectivity index (χ3n) is 4.12. The van der Waals surface area contributed by atoms with Gasteiger partial charge in [0.15, 0.2) is 0 Å². The SMILES string of the molecule is C=CC(=O)OCC(OC(=O)C=C)C(F)(F)C(F)(F)C(F)(F)C(F)(F)C(F)(F)C(F)(F)C(F)(F)C(F)(F)F. The van der Waals surface area contributed by atoms with Gasteiger partial charge in [0, 0.05) is 12.2 Å². The third kappa shape index (κ3) is 5.16. The number of hydrogen-bond donors (Lipinski definition) is 0. The molecule has 0 aromatic carbocycles. The van der Waals surface area contributed by atoms with Gasteiger partial charge in [-0.2, -0.15) is 74.6 Å². The van der Waals surface area contributed by atoms with Gasteiger partial charge in [0.2, 0.25) is 6.10 Å². The molecule has 1 atom stereocenters. The molecule has 0 amide bonds. The summed E-state index contributed by atoms with van der Waals surface area (Å²) in [6.45, 7) is 2.69. The molecule has 4 nitrogen and oxygen atoms in total. The van der Waals surface area contributed by atoms with Gasteiger partial charge >= 0.3 is 59.6 Å². The maximum Gasteiger partial charge on any atom is 0.460 e. The second-order valence-electron chi connectivity index (χ2n) is 6.53. The Morgan fingerprint density at radius 3 is 1.22 bits per heavy atom. The summed E-state index contributed by atoms with van der Waals surface area (Å²) in [6, 6.07) is 0. The van der Waals surface area contributed by atoms with E-state index in [0.717, 1.165) is 0 Å². The highest BCUT2D eigenvalue weighted by atomic mass is 19.4. The van der Waals surface area contributed by atoms with Crippen LogP contribution in [-0.2, 0) is 19.1 Å². The van der Waals surface area contributed by atoms with Gasteiger partial charge in [0.1, 0.15) is 6.61 Å². The first-order valence-electron chi connectivity index (χ1n) is 8.39. The summed E-state index contributed by atoms with van der Waals surface area (Å²) < 4.78 is 233. The van der Waals surface area contributed by atoms with Crippen LogP contribution in [0.2, 0.25) is 0 Å². The van der Waals surface area contributed by atoms with Crippen molar-refractivity contribution in [1.82, 2.24) is 0 Å². The summed E-state index contributed by atoms with van der Waals surface area (Å²) in [5.74, 6) is -62.6. The highest BCUT2D eigenvalue weighted by Gasteiger charge is 2.95. The number of hydrogen-bond acceptors (Lipinski definition) is 4. The molecule has 0 aliphatic heterocycles. The average molecular weight is 588 g/mol. The van der Waals surface area contributed by atoms with Crippen molar-refractivity contribution in [3.8, 4) is 0 Å². The molecule has 21 heteroatoms. The largest absolute Gasteiger partial charge is 0.460 e. The first-order valence-corrected chi connectivity index (χ1v) is 8.39. The van der Waals surface area contributed by atoms with Crippen LogP contribution >= 0.6 is 0 Å². The first kappa shape index (κ1) is 34.2. The predicted molar refractivity (Wildman–Crippen MR) is 81.9 cm³/mol. The Morgan fingerprint density at radius 1 is 0.568 bits per heavy atom. The Bertz CT molecular complexity index is 890. The summed E-state index contributed by atoms with van der Waals surface area (Å²) >= 11 is 0. The summed E-state index contributed by atoms with van der Waals surface area (Å²) in [5, 5.41) is 0. The van der Waals surface area contributed by atoms with Crippen LogP contribution in [0.25, 0.3) is 0 Å². The Balaban J connectivity index is 6.92. The highest BCUT2D eigenvalue weighted by Crippen LogP contribution is 2.64. The minimum atomic E-state index is -8.81. The van der Waals surface area contributed by atoms with Gasteiger partial charge in [-0.3, -0.25) is 0 Å². The monoisotopic (exact) mass is 588 g/mol. The summed E-state index contributed by atoms with van der Waals surface area (Å²) in [5.41, 5.74) is 0. The molecule has 0 aliphatic rings. The van der Waals surface area contributed by atoms with Crippen LogP contribution in [0, 0.1) is 0 Å². The number of carbonyl (C=O) groups excluding carboxylic acids is 2. The normalized spacial score (nSPS) is 15.6. The van der Waals surface area contributed by atoms with Gasteiger partial charge in [-0.15, -0.1) is 0 Å². The van der Waals surface area contributed by atoms with E-state index in [4.69, 9.17) is 0 Å². The molecule has 0 saturated carbocycles. The van der Waals surface area contributed by atoms with E-state index in [2.05, 4.69) is 22.6 Å². The van der Waals surface area contributed by atoms with Crippen molar-refractivity contribution < 1.29 is 93.7 Å². The van der Waals surface area contributed by atoms with E-state index in [9.17, 15) is 84.2 Å². The van der Waals surface area contributed by atoms with E-state index in [1.165, 1.54) is 0 Å². The first-order chi connectivity index (χ1) is 16.1. The molecule has 0 radical (unpaired) electrons. The average Bonchev–Trinajstić information content (AvgIpc) is 2.74. The molecule has 1 unspecified atom stereocenters. The van der Waals surface area contributed by atoms with Gasteiger partial charge in [-0.05, 0) is 0 Å². The van der Waals surface area contributed by atoms with Crippen molar-refractivity contribution in [2.75, 3.05) is 6.61 Å². The molecule has 0 N–H and O–H groups in total. The number of carbonyl (C=O) groups is 2. The van der Waals surface area contributed by atoms with E-state index >= 15 is 0 Å². The molecule has 0 spiro atoms. The summed E-state index contributed by atoms with van der Waals surface area (Å²) in [4.78, 5) is 21.9. The maximum absolute atomic E-state index is 14.2. The van der Waals surface area contributed by atoms with Crippen molar-refractivity contribution in [2.24, 2.45) is 0 Å². The van der Waals surface area contributed by atoms with Gasteiger partial charge in [0.25, 0.3) is 0 Å². The molecule has 0 heterocycles. The Morgan fingerprint density at radius 2 is 0.892 bits per heavy atom. The minimum Gasteiger partial charge on any atom is -0.458 e. The van der Waals surface area contributed by atoms with Crippen LogP contribution in [0.3, 0.4) is 0 Å². The Kier molecular flexibility index (Phi) is 9.10. The molecule has 0 saturated heterocycles. The summed E-state index contributed by atoms with van der Waals surface area (Å²) in [6.07, 6.45) is -12.3. The lowest BCUT2D eigenvalue weighted by Gasteiger charge is -2.43. The van der Waals surface area contributed by atoms with Crippen molar-refractivity contribution in [3.05, 3.63) is 25.3 Å². The Labute approximate surface area is 192 Å². The molecule has 0 fully saturated rings. The fourth-order valence-corrected chi connectivity index (χ4v) is 2.00. The molecular weight excluding hydrogens is 579 g/mol. The fourth-order valence-electron chi connectivity index (χ4n) is 2.00. The number of halogens is 17. The smallest absolute Gasteiger partial charge is 0.458 e. The second kappa shape index (κ2) is 9.84. The lowest BCUT2D eigenvalue weighted by atomic mass is 9.87. The Hall–Kier alpha value is -2.77. The fraction of sp³-hybridized carbons (Fsp3) is 0.625. The van der Waals surface area contributed by atoms with Crippen molar-refractivity contribution in [3.63, 3.8) is 0 Å². The van der Waals surface area contributed by atoms with Gasteiger partial charge in [-0.1, -0.05) is 13.2 Å². The zero-order chi connectivity index (χ0) is 30.3. The second-order valence-corrected chi connectivity index (χ2v) is 6.53. The zero-order valence-electron chi connectivity index (χ0n) is 16.9. The third-order valence-corrected chi connectivity index (χ3v) is 4.12. The van der Waals surface area contributed by atoms with Crippen molar-refractivity contribution in [2.45, 2.75) is 53.7 Å². The molecule has 216 valence electrons. The van der Waals surface area contributed by atoms with Gasteiger partial charge < -0.3 is 9.47 Å². The zero-order valence-corrected chi connectivity index (χ0v) is 16.9. The van der Waals surface area contributed by atoms with E-state index in [1.807, 2.05) is 0 Å². The molecule has 37 heavy (non-hydrogen) atoms. The summed E-state index contributed by atoms with van der Waals surface area (Å²) in [7, 11) is 0. The minimum absolute atomic E-state index is 0.0783. The van der Waals surface area contributed by atoms with Crippen molar-refractivity contribution in [1.29, 1.82) is 0 Å². The standard InChI is InChI=1S/C16H9F17O4/c1-3-7(34)36-5-6(37-8(35)4-2)9(17,18)10(19,20)11(21,22)12(23,24)13(25,26)14(27,28)15(29,30)16(31,32)33/h3-4,6H,1-2,5H2. The molecule has 0 aromatic heterocycles. The van der Waals surface area contributed by atoms with Crippen LogP contribution in [0.1, 0.15) is 0 Å². The molecule has 0 aromatic rings. The van der Waals surface area contributed by atoms with Crippen LogP contribution < -0.4 is 0 Å². The highest BCUT2D eigenvalue weighted by molar-refractivity contribution is 5.82. The van der Waals surface area contributed by atoms with Gasteiger partial charge in [0.05, 0.1) is 0 Å². The van der Waals surface area contributed by atoms with E-state index in [1.54, 1.807) is 0 Å². The predicted octanol–water partition coefficient (Wildman–Crippen LogP) is 5.82. The molecule has 0 bridgehead atoms. The van der Waals surface area contributed by atoms with E-state index in [0.29, 0.717) is 0 Å². The topological polar surface area (TPSA) is 52.6 Å². The number of rotatable bonds is 12.